The molecular formula is C22H21BrN2O4S. The van der Waals surface area contributed by atoms with Gasteiger partial charge in [-0.2, -0.15) is 4.31 Å². The van der Waals surface area contributed by atoms with E-state index in [9.17, 15) is 13.2 Å². The molecule has 0 saturated carbocycles. The van der Waals surface area contributed by atoms with E-state index in [-0.39, 0.29) is 18.0 Å². The third-order valence-electron chi connectivity index (χ3n) is 4.26. The van der Waals surface area contributed by atoms with Gasteiger partial charge in [-0.3, -0.25) is 4.79 Å². The number of anilines is 1. The minimum Gasteiger partial charge on any atom is -0.455 e. The number of halogens is 1. The Bertz CT molecular complexity index is 1100. The van der Waals surface area contributed by atoms with Crippen LogP contribution in [-0.4, -0.2) is 31.7 Å². The average molecular weight is 489 g/mol. The third-order valence-corrected chi connectivity index (χ3v) is 6.72. The summed E-state index contributed by atoms with van der Waals surface area (Å²) >= 11 is 3.29. The molecule has 0 aromatic heterocycles. The van der Waals surface area contributed by atoms with Gasteiger partial charge < -0.3 is 10.1 Å². The number of hydrogen-bond donors (Lipinski definition) is 1. The lowest BCUT2D eigenvalue weighted by Gasteiger charge is -2.20. The number of benzene rings is 3. The van der Waals surface area contributed by atoms with Gasteiger partial charge in [0.25, 0.3) is 0 Å². The maximum Gasteiger partial charge on any atom is 0.243 e. The van der Waals surface area contributed by atoms with Crippen LogP contribution in [-0.2, 0) is 14.8 Å². The van der Waals surface area contributed by atoms with Crippen molar-refractivity contribution in [3.63, 3.8) is 0 Å². The summed E-state index contributed by atoms with van der Waals surface area (Å²) in [6.45, 7) is 1.54. The molecule has 0 aliphatic carbocycles. The Balaban J connectivity index is 1.74. The van der Waals surface area contributed by atoms with Crippen LogP contribution in [0.5, 0.6) is 11.5 Å². The zero-order chi connectivity index (χ0) is 21.6. The molecule has 0 unspecified atom stereocenters. The molecule has 0 fully saturated rings. The van der Waals surface area contributed by atoms with Crippen molar-refractivity contribution in [3.05, 3.63) is 83.3 Å². The molecule has 0 heterocycles. The Kier molecular flexibility index (Phi) is 7.25. The zero-order valence-electron chi connectivity index (χ0n) is 16.3. The quantitative estimate of drug-likeness (QED) is 0.489. The minimum atomic E-state index is -3.79. The SMILES string of the molecule is CCN(CC(=O)Nc1ccccc1Oc1ccccc1)S(=O)(=O)c1ccc(Br)cc1. The van der Waals surface area contributed by atoms with Crippen LogP contribution in [0.25, 0.3) is 0 Å². The summed E-state index contributed by atoms with van der Waals surface area (Å²) in [6, 6.07) is 22.5. The molecule has 156 valence electrons. The van der Waals surface area contributed by atoms with Crippen molar-refractivity contribution in [1.29, 1.82) is 0 Å². The predicted molar refractivity (Wildman–Crippen MR) is 120 cm³/mol. The summed E-state index contributed by atoms with van der Waals surface area (Å²) in [5, 5.41) is 2.75. The molecule has 3 rings (SSSR count). The molecule has 0 aliphatic heterocycles. The van der Waals surface area contributed by atoms with Crippen molar-refractivity contribution in [2.24, 2.45) is 0 Å². The van der Waals surface area contributed by atoms with Crippen LogP contribution in [0.1, 0.15) is 6.92 Å². The maximum atomic E-state index is 12.9. The highest BCUT2D eigenvalue weighted by atomic mass is 79.9. The highest BCUT2D eigenvalue weighted by molar-refractivity contribution is 9.10. The van der Waals surface area contributed by atoms with E-state index in [2.05, 4.69) is 21.2 Å². The standard InChI is InChI=1S/C22H21BrN2O4S/c1-2-25(30(27,28)19-14-12-17(23)13-15-19)16-22(26)24-20-10-6-7-11-21(20)29-18-8-4-3-5-9-18/h3-15H,2,16H2,1H3,(H,24,26). The van der Waals surface area contributed by atoms with E-state index in [4.69, 9.17) is 4.74 Å². The van der Waals surface area contributed by atoms with Crippen LogP contribution in [0.2, 0.25) is 0 Å². The second kappa shape index (κ2) is 9.88. The van der Waals surface area contributed by atoms with Gasteiger partial charge >= 0.3 is 0 Å². The third kappa shape index (κ3) is 5.47. The number of likely N-dealkylation sites (N-methyl/N-ethyl adjacent to an activating group) is 1. The largest absolute Gasteiger partial charge is 0.455 e. The number of sulfonamides is 1. The first-order valence-corrected chi connectivity index (χ1v) is 11.5. The summed E-state index contributed by atoms with van der Waals surface area (Å²) in [7, 11) is -3.79. The summed E-state index contributed by atoms with van der Waals surface area (Å²) in [4.78, 5) is 12.8. The molecule has 30 heavy (non-hydrogen) atoms. The lowest BCUT2D eigenvalue weighted by atomic mass is 10.3. The zero-order valence-corrected chi connectivity index (χ0v) is 18.7. The van der Waals surface area contributed by atoms with Crippen molar-refractivity contribution in [1.82, 2.24) is 4.31 Å². The van der Waals surface area contributed by atoms with Gasteiger partial charge in [-0.15, -0.1) is 0 Å². The Morgan fingerprint density at radius 2 is 1.60 bits per heavy atom. The Morgan fingerprint density at radius 1 is 0.967 bits per heavy atom. The molecule has 6 nitrogen and oxygen atoms in total. The number of carbonyl (C=O) groups is 1. The molecule has 0 saturated heterocycles. The fourth-order valence-electron chi connectivity index (χ4n) is 2.75. The number of para-hydroxylation sites is 3. The van der Waals surface area contributed by atoms with Gasteiger partial charge in [0.2, 0.25) is 15.9 Å². The predicted octanol–water partition coefficient (Wildman–Crippen LogP) is 4.89. The number of nitrogens with zero attached hydrogens (tertiary/aromatic N) is 1. The van der Waals surface area contributed by atoms with Gasteiger partial charge in [0, 0.05) is 11.0 Å². The lowest BCUT2D eigenvalue weighted by Crippen LogP contribution is -2.37. The van der Waals surface area contributed by atoms with E-state index in [1.807, 2.05) is 30.3 Å². The number of rotatable bonds is 8. The van der Waals surface area contributed by atoms with E-state index >= 15 is 0 Å². The van der Waals surface area contributed by atoms with Crippen LogP contribution < -0.4 is 10.1 Å². The van der Waals surface area contributed by atoms with Gasteiger partial charge in [0.15, 0.2) is 5.75 Å². The normalized spacial score (nSPS) is 11.3. The molecule has 0 bridgehead atoms. The second-order valence-electron chi connectivity index (χ2n) is 6.34. The van der Waals surface area contributed by atoms with Crippen LogP contribution in [0, 0.1) is 0 Å². The Morgan fingerprint density at radius 3 is 2.27 bits per heavy atom. The van der Waals surface area contributed by atoms with Crippen molar-refractivity contribution in [2.75, 3.05) is 18.4 Å². The maximum absolute atomic E-state index is 12.9. The molecule has 1 N–H and O–H groups in total. The van der Waals surface area contributed by atoms with Gasteiger partial charge in [-0.1, -0.05) is 53.2 Å². The highest BCUT2D eigenvalue weighted by Crippen LogP contribution is 2.29. The summed E-state index contributed by atoms with van der Waals surface area (Å²) < 4.78 is 33.5. The summed E-state index contributed by atoms with van der Waals surface area (Å²) in [5.41, 5.74) is 0.462. The Hall–Kier alpha value is -2.68. The van der Waals surface area contributed by atoms with E-state index in [1.54, 1.807) is 43.3 Å². The molecule has 0 radical (unpaired) electrons. The van der Waals surface area contributed by atoms with Gasteiger partial charge in [-0.25, -0.2) is 8.42 Å². The number of ether oxygens (including phenoxy) is 1. The summed E-state index contributed by atoms with van der Waals surface area (Å²) in [6.07, 6.45) is 0. The van der Waals surface area contributed by atoms with Crippen molar-refractivity contribution in [3.8, 4) is 11.5 Å². The van der Waals surface area contributed by atoms with Crippen LogP contribution in [0.15, 0.2) is 88.2 Å². The molecule has 3 aromatic carbocycles. The molecule has 0 atom stereocenters. The fraction of sp³-hybridized carbons (Fsp3) is 0.136. The number of nitrogens with one attached hydrogen (secondary N) is 1. The topological polar surface area (TPSA) is 75.7 Å². The molecule has 3 aromatic rings. The number of carbonyl (C=O) groups excluding carboxylic acids is 1. The van der Waals surface area contributed by atoms with Gasteiger partial charge in [0.1, 0.15) is 5.75 Å². The molecule has 0 aliphatic rings. The van der Waals surface area contributed by atoms with Crippen molar-refractivity contribution < 1.29 is 17.9 Å². The van der Waals surface area contributed by atoms with Crippen LogP contribution in [0.3, 0.4) is 0 Å². The second-order valence-corrected chi connectivity index (χ2v) is 9.20. The first-order chi connectivity index (χ1) is 14.4. The highest BCUT2D eigenvalue weighted by Gasteiger charge is 2.25. The first kappa shape index (κ1) is 22.0. The van der Waals surface area contributed by atoms with E-state index < -0.39 is 15.9 Å². The average Bonchev–Trinajstić information content (AvgIpc) is 2.74. The van der Waals surface area contributed by atoms with Gasteiger partial charge in [0.05, 0.1) is 17.1 Å². The van der Waals surface area contributed by atoms with Crippen LogP contribution >= 0.6 is 15.9 Å². The number of amides is 1. The van der Waals surface area contributed by atoms with Crippen LogP contribution in [0.4, 0.5) is 5.69 Å². The molecule has 0 spiro atoms. The van der Waals surface area contributed by atoms with E-state index in [0.29, 0.717) is 17.2 Å². The van der Waals surface area contributed by atoms with E-state index in [1.165, 1.54) is 12.1 Å². The minimum absolute atomic E-state index is 0.133. The monoisotopic (exact) mass is 488 g/mol. The lowest BCUT2D eigenvalue weighted by molar-refractivity contribution is -0.116. The molecule has 8 heteroatoms. The van der Waals surface area contributed by atoms with Gasteiger partial charge in [-0.05, 0) is 48.5 Å². The van der Waals surface area contributed by atoms with E-state index in [0.717, 1.165) is 8.78 Å². The van der Waals surface area contributed by atoms with Crippen molar-refractivity contribution in [2.45, 2.75) is 11.8 Å². The summed E-state index contributed by atoms with van der Waals surface area (Å²) in [5.74, 6) is 0.643. The fourth-order valence-corrected chi connectivity index (χ4v) is 4.42. The molecular weight excluding hydrogens is 468 g/mol. The smallest absolute Gasteiger partial charge is 0.243 e. The first-order valence-electron chi connectivity index (χ1n) is 9.27. The Labute approximate surface area is 184 Å². The molecule has 1 amide bonds. The van der Waals surface area contributed by atoms with Crippen molar-refractivity contribution >= 4 is 37.5 Å². The number of hydrogen-bond acceptors (Lipinski definition) is 4.